The number of thiophene rings is 1. The highest BCUT2D eigenvalue weighted by atomic mass is 32.1. The molecule has 0 aliphatic rings. The van der Waals surface area contributed by atoms with Gasteiger partial charge in [0.2, 0.25) is 0 Å². The molecule has 0 atom stereocenters. The first-order valence-corrected chi connectivity index (χ1v) is 9.76. The van der Waals surface area contributed by atoms with Gasteiger partial charge in [-0.25, -0.2) is 9.59 Å². The van der Waals surface area contributed by atoms with Crippen molar-refractivity contribution in [2.45, 2.75) is 6.18 Å². The minimum absolute atomic E-state index is 0.136. The Balaban J connectivity index is 1.56. The van der Waals surface area contributed by atoms with Crippen molar-refractivity contribution in [1.29, 1.82) is 0 Å². The van der Waals surface area contributed by atoms with Gasteiger partial charge in [0.15, 0.2) is 0 Å². The third kappa shape index (κ3) is 4.56. The molecule has 0 radical (unpaired) electrons. The van der Waals surface area contributed by atoms with Crippen molar-refractivity contribution < 1.29 is 27.5 Å². The van der Waals surface area contributed by atoms with Crippen molar-refractivity contribution in [1.82, 2.24) is 4.98 Å². The van der Waals surface area contributed by atoms with E-state index < -0.39 is 18.1 Å². The predicted molar refractivity (Wildman–Crippen MR) is 111 cm³/mol. The molecule has 0 unspecified atom stereocenters. The quantitative estimate of drug-likeness (QED) is 0.312. The van der Waals surface area contributed by atoms with E-state index in [9.17, 15) is 22.8 Å². The molecule has 9 heteroatoms. The lowest BCUT2D eigenvalue weighted by molar-refractivity contribution is -0.193. The Morgan fingerprint density at radius 1 is 0.935 bits per heavy atom. The average molecular weight is 442 g/mol. The molecule has 0 aliphatic carbocycles. The Morgan fingerprint density at radius 2 is 1.61 bits per heavy atom. The van der Waals surface area contributed by atoms with Crippen molar-refractivity contribution in [2.24, 2.45) is 0 Å². The molecule has 0 aliphatic heterocycles. The molecule has 1 N–H and O–H groups in total. The van der Waals surface area contributed by atoms with Gasteiger partial charge in [0.05, 0.1) is 16.6 Å². The third-order valence-electron chi connectivity index (χ3n) is 4.34. The molecular weight excluding hydrogens is 429 g/mol. The van der Waals surface area contributed by atoms with E-state index in [2.05, 4.69) is 15.0 Å². The SMILES string of the molecule is O=C(OC(=O)C(F)(F)F)c1cc2c(Nc3ccc(-c4ccccc4)cc3)cncc2s1. The van der Waals surface area contributed by atoms with Crippen LogP contribution < -0.4 is 5.32 Å². The van der Waals surface area contributed by atoms with Crippen LogP contribution in [0.15, 0.2) is 73.1 Å². The summed E-state index contributed by atoms with van der Waals surface area (Å²) in [4.78, 5) is 26.8. The fraction of sp³-hybridized carbons (Fsp3) is 0.0455. The maximum atomic E-state index is 12.3. The number of esters is 2. The van der Waals surface area contributed by atoms with Gasteiger partial charge in [-0.15, -0.1) is 11.3 Å². The molecule has 0 fully saturated rings. The first kappa shape index (κ1) is 20.5. The predicted octanol–water partition coefficient (Wildman–Crippen LogP) is 5.95. The first-order chi connectivity index (χ1) is 14.8. The highest BCUT2D eigenvalue weighted by molar-refractivity contribution is 7.20. The van der Waals surface area contributed by atoms with Crippen molar-refractivity contribution in [3.8, 4) is 11.1 Å². The number of aromatic nitrogens is 1. The summed E-state index contributed by atoms with van der Waals surface area (Å²) < 4.78 is 41.5. The molecule has 0 amide bonds. The van der Waals surface area contributed by atoms with Crippen LogP contribution in [0.4, 0.5) is 24.5 Å². The van der Waals surface area contributed by atoms with E-state index in [1.165, 1.54) is 18.5 Å². The summed E-state index contributed by atoms with van der Waals surface area (Å²) in [7, 11) is 0. The lowest BCUT2D eigenvalue weighted by Gasteiger charge is -2.08. The number of fused-ring (bicyclic) bond motifs is 1. The molecule has 4 rings (SSSR count). The number of ether oxygens (including phenoxy) is 1. The van der Waals surface area contributed by atoms with Gasteiger partial charge in [0.1, 0.15) is 4.88 Å². The van der Waals surface area contributed by atoms with Crippen LogP contribution in [0.1, 0.15) is 9.67 Å². The van der Waals surface area contributed by atoms with E-state index in [0.717, 1.165) is 28.2 Å². The smallest absolute Gasteiger partial charge is 0.382 e. The van der Waals surface area contributed by atoms with Gasteiger partial charge in [0, 0.05) is 17.3 Å². The zero-order valence-electron chi connectivity index (χ0n) is 15.6. The Kier molecular flexibility index (Phi) is 5.43. The van der Waals surface area contributed by atoms with Crippen LogP contribution in [0.25, 0.3) is 21.2 Å². The first-order valence-electron chi connectivity index (χ1n) is 8.94. The van der Waals surface area contributed by atoms with Crippen LogP contribution in [0.5, 0.6) is 0 Å². The number of rotatable bonds is 4. The second-order valence-electron chi connectivity index (χ2n) is 6.45. The number of anilines is 2. The lowest BCUT2D eigenvalue weighted by atomic mass is 10.1. The summed E-state index contributed by atoms with van der Waals surface area (Å²) >= 11 is 0.886. The highest BCUT2D eigenvalue weighted by Gasteiger charge is 2.42. The summed E-state index contributed by atoms with van der Waals surface area (Å²) in [6, 6.07) is 18.9. The van der Waals surface area contributed by atoms with Gasteiger partial charge in [-0.2, -0.15) is 13.2 Å². The highest BCUT2D eigenvalue weighted by Crippen LogP contribution is 2.33. The largest absolute Gasteiger partial charge is 0.491 e. The van der Waals surface area contributed by atoms with E-state index in [4.69, 9.17) is 0 Å². The Morgan fingerprint density at radius 3 is 2.29 bits per heavy atom. The number of hydrogen-bond donors (Lipinski definition) is 1. The van der Waals surface area contributed by atoms with E-state index in [0.29, 0.717) is 15.8 Å². The topological polar surface area (TPSA) is 68.3 Å². The zero-order valence-corrected chi connectivity index (χ0v) is 16.5. The number of carbonyl (C=O) groups excluding carboxylic acids is 2. The van der Waals surface area contributed by atoms with E-state index in [1.54, 1.807) is 0 Å². The molecule has 2 aromatic carbocycles. The van der Waals surface area contributed by atoms with Crippen LogP contribution in [0.3, 0.4) is 0 Å². The standard InChI is InChI=1S/C22H13F3N2O3S/c23-22(24,25)21(29)30-20(28)18-10-16-17(11-26-12-19(16)31-18)27-15-8-6-14(7-9-15)13-4-2-1-3-5-13/h1-12,27H. The normalized spacial score (nSPS) is 11.3. The lowest BCUT2D eigenvalue weighted by Crippen LogP contribution is -2.27. The molecule has 0 bridgehead atoms. The molecule has 0 saturated heterocycles. The summed E-state index contributed by atoms with van der Waals surface area (Å²) in [6.45, 7) is 0. The number of hydrogen-bond acceptors (Lipinski definition) is 6. The monoisotopic (exact) mass is 442 g/mol. The molecule has 5 nitrogen and oxygen atoms in total. The molecule has 0 spiro atoms. The third-order valence-corrected chi connectivity index (χ3v) is 5.39. The maximum Gasteiger partial charge on any atom is 0.491 e. The number of carbonyl (C=O) groups is 2. The fourth-order valence-corrected chi connectivity index (χ4v) is 3.82. The van der Waals surface area contributed by atoms with Crippen LogP contribution in [-0.4, -0.2) is 23.1 Å². The molecule has 156 valence electrons. The van der Waals surface area contributed by atoms with E-state index in [1.807, 2.05) is 54.6 Å². The van der Waals surface area contributed by atoms with Crippen molar-refractivity contribution in [3.63, 3.8) is 0 Å². The minimum atomic E-state index is -5.24. The summed E-state index contributed by atoms with van der Waals surface area (Å²) in [5.41, 5.74) is 3.43. The number of nitrogens with one attached hydrogen (secondary N) is 1. The summed E-state index contributed by atoms with van der Waals surface area (Å²) in [6.07, 6.45) is -2.23. The second kappa shape index (κ2) is 8.19. The Hall–Kier alpha value is -3.72. The molecule has 0 saturated carbocycles. The average Bonchev–Trinajstić information content (AvgIpc) is 3.20. The molecule has 2 aromatic heterocycles. The van der Waals surface area contributed by atoms with Crippen LogP contribution in [-0.2, 0) is 9.53 Å². The van der Waals surface area contributed by atoms with Gasteiger partial charge >= 0.3 is 18.1 Å². The van der Waals surface area contributed by atoms with Crippen molar-refractivity contribution >= 4 is 44.7 Å². The van der Waals surface area contributed by atoms with Crippen molar-refractivity contribution in [3.05, 3.63) is 77.9 Å². The molecule has 31 heavy (non-hydrogen) atoms. The fourth-order valence-electron chi connectivity index (χ4n) is 2.89. The number of pyridine rings is 1. The minimum Gasteiger partial charge on any atom is -0.382 e. The second-order valence-corrected chi connectivity index (χ2v) is 7.54. The van der Waals surface area contributed by atoms with Gasteiger partial charge in [-0.1, -0.05) is 42.5 Å². The summed E-state index contributed by atoms with van der Waals surface area (Å²) in [5, 5.41) is 3.76. The number of halogens is 3. The van der Waals surface area contributed by atoms with Crippen LogP contribution >= 0.6 is 11.3 Å². The van der Waals surface area contributed by atoms with Crippen molar-refractivity contribution in [2.75, 3.05) is 5.32 Å². The molecule has 4 aromatic rings. The van der Waals surface area contributed by atoms with Gasteiger partial charge in [-0.05, 0) is 29.3 Å². The van der Waals surface area contributed by atoms with Crippen LogP contribution in [0, 0.1) is 0 Å². The number of nitrogens with zero attached hydrogens (tertiary/aromatic N) is 1. The van der Waals surface area contributed by atoms with Gasteiger partial charge in [-0.3, -0.25) is 4.98 Å². The molecule has 2 heterocycles. The number of benzene rings is 2. The molecular formula is C22H13F3N2O3S. The maximum absolute atomic E-state index is 12.3. The van der Waals surface area contributed by atoms with E-state index in [-0.39, 0.29) is 4.88 Å². The van der Waals surface area contributed by atoms with Gasteiger partial charge in [0.25, 0.3) is 0 Å². The summed E-state index contributed by atoms with van der Waals surface area (Å²) in [5.74, 6) is -3.91. The Bertz CT molecular complexity index is 1250. The number of alkyl halides is 3. The van der Waals surface area contributed by atoms with Crippen LogP contribution in [0.2, 0.25) is 0 Å². The Labute approximate surface area is 178 Å². The zero-order chi connectivity index (χ0) is 22.0. The van der Waals surface area contributed by atoms with Gasteiger partial charge < -0.3 is 10.1 Å². The van der Waals surface area contributed by atoms with E-state index >= 15 is 0 Å².